The predicted molar refractivity (Wildman–Crippen MR) is 89.5 cm³/mol. The Morgan fingerprint density at radius 3 is 2.65 bits per heavy atom. The van der Waals surface area contributed by atoms with Crippen LogP contribution in [0.2, 0.25) is 0 Å². The molecule has 2 aromatic rings. The van der Waals surface area contributed by atoms with Crippen LogP contribution in [0.15, 0.2) is 24.3 Å². The third-order valence-corrected chi connectivity index (χ3v) is 3.80. The molecule has 0 amide bonds. The van der Waals surface area contributed by atoms with Crippen molar-refractivity contribution in [1.29, 1.82) is 0 Å². The van der Waals surface area contributed by atoms with Gasteiger partial charge in [-0.15, -0.1) is 24.8 Å². The zero-order valence-corrected chi connectivity index (χ0v) is 13.6. The van der Waals surface area contributed by atoms with Gasteiger partial charge in [0.25, 0.3) is 0 Å². The molecule has 0 saturated carbocycles. The van der Waals surface area contributed by atoms with E-state index >= 15 is 0 Å². The summed E-state index contributed by atoms with van der Waals surface area (Å²) >= 11 is 0. The summed E-state index contributed by atoms with van der Waals surface area (Å²) in [5, 5.41) is 3.49. The van der Waals surface area contributed by atoms with Gasteiger partial charge in [-0.3, -0.25) is 0 Å². The number of benzene rings is 1. The normalized spacial score (nSPS) is 18.6. The molecule has 112 valence electrons. The van der Waals surface area contributed by atoms with Crippen molar-refractivity contribution in [2.24, 2.45) is 0 Å². The molecule has 0 aliphatic carbocycles. The van der Waals surface area contributed by atoms with E-state index in [2.05, 4.69) is 48.0 Å². The van der Waals surface area contributed by atoms with Crippen LogP contribution in [0.25, 0.3) is 11.0 Å². The van der Waals surface area contributed by atoms with Crippen LogP contribution >= 0.6 is 24.8 Å². The molecule has 1 fully saturated rings. The summed E-state index contributed by atoms with van der Waals surface area (Å²) in [4.78, 5) is 4.88. The largest absolute Gasteiger partial charge is 0.325 e. The third-order valence-electron chi connectivity index (χ3n) is 3.80. The summed E-state index contributed by atoms with van der Waals surface area (Å²) in [7, 11) is 0. The third kappa shape index (κ3) is 3.11. The molecule has 3 rings (SSSR count). The van der Waals surface area contributed by atoms with Crippen LogP contribution in [0.3, 0.4) is 0 Å². The standard InChI is InChI=1S/C15H21N3.2ClH/c1-11(2)18-14-8-4-3-7-13(14)17-15(18)12-6-5-9-16-10-12;;/h3-4,7-8,11-12,16H,5-6,9-10H2,1-2H3;2*1H. The minimum Gasteiger partial charge on any atom is -0.325 e. The Morgan fingerprint density at radius 2 is 2.00 bits per heavy atom. The number of aromatic nitrogens is 2. The molecule has 3 nitrogen and oxygen atoms in total. The topological polar surface area (TPSA) is 29.9 Å². The first kappa shape index (κ1) is 17.3. The number of nitrogens with zero attached hydrogens (tertiary/aromatic N) is 2. The summed E-state index contributed by atoms with van der Waals surface area (Å²) in [6.45, 7) is 6.70. The van der Waals surface area contributed by atoms with Gasteiger partial charge < -0.3 is 9.88 Å². The molecule has 1 saturated heterocycles. The van der Waals surface area contributed by atoms with E-state index in [0.717, 1.165) is 18.6 Å². The van der Waals surface area contributed by atoms with E-state index in [1.54, 1.807) is 0 Å². The highest BCUT2D eigenvalue weighted by Gasteiger charge is 2.23. The van der Waals surface area contributed by atoms with Crippen LogP contribution in [-0.2, 0) is 0 Å². The first-order valence-electron chi connectivity index (χ1n) is 6.95. The number of fused-ring (bicyclic) bond motifs is 1. The molecule has 1 aromatic heterocycles. The summed E-state index contributed by atoms with van der Waals surface area (Å²) in [5.74, 6) is 1.83. The van der Waals surface area contributed by atoms with Gasteiger partial charge in [0, 0.05) is 18.5 Å². The van der Waals surface area contributed by atoms with E-state index in [4.69, 9.17) is 4.98 Å². The number of hydrogen-bond acceptors (Lipinski definition) is 2. The number of para-hydroxylation sites is 2. The summed E-state index contributed by atoms with van der Waals surface area (Å²) in [6, 6.07) is 8.94. The van der Waals surface area contributed by atoms with E-state index in [-0.39, 0.29) is 24.8 Å². The second-order valence-electron chi connectivity index (χ2n) is 5.47. The van der Waals surface area contributed by atoms with Crippen molar-refractivity contribution in [2.45, 2.75) is 38.6 Å². The zero-order chi connectivity index (χ0) is 12.5. The fourth-order valence-electron chi connectivity index (χ4n) is 2.97. The quantitative estimate of drug-likeness (QED) is 0.910. The van der Waals surface area contributed by atoms with Gasteiger partial charge in [-0.05, 0) is 45.4 Å². The molecule has 1 atom stereocenters. The Morgan fingerprint density at radius 1 is 1.25 bits per heavy atom. The van der Waals surface area contributed by atoms with Gasteiger partial charge in [-0.2, -0.15) is 0 Å². The van der Waals surface area contributed by atoms with Crippen molar-refractivity contribution in [3.63, 3.8) is 0 Å². The lowest BCUT2D eigenvalue weighted by molar-refractivity contribution is 0.425. The molecule has 0 spiro atoms. The van der Waals surface area contributed by atoms with Crippen LogP contribution in [-0.4, -0.2) is 22.6 Å². The zero-order valence-electron chi connectivity index (χ0n) is 12.0. The minimum absolute atomic E-state index is 0. The van der Waals surface area contributed by atoms with E-state index < -0.39 is 0 Å². The number of rotatable bonds is 2. The molecule has 1 aliphatic heterocycles. The average molecular weight is 316 g/mol. The second-order valence-corrected chi connectivity index (χ2v) is 5.47. The lowest BCUT2D eigenvalue weighted by Crippen LogP contribution is -2.30. The number of halogens is 2. The monoisotopic (exact) mass is 315 g/mol. The fourth-order valence-corrected chi connectivity index (χ4v) is 2.97. The molecule has 1 aromatic carbocycles. The van der Waals surface area contributed by atoms with Crippen molar-refractivity contribution in [3.05, 3.63) is 30.1 Å². The Bertz CT molecular complexity index is 545. The van der Waals surface area contributed by atoms with Gasteiger partial charge in [0.2, 0.25) is 0 Å². The lowest BCUT2D eigenvalue weighted by Gasteiger charge is -2.24. The van der Waals surface area contributed by atoms with E-state index in [0.29, 0.717) is 12.0 Å². The summed E-state index contributed by atoms with van der Waals surface area (Å²) < 4.78 is 2.41. The number of imidazole rings is 1. The molecule has 1 N–H and O–H groups in total. The maximum Gasteiger partial charge on any atom is 0.114 e. The van der Waals surface area contributed by atoms with Crippen molar-refractivity contribution in [3.8, 4) is 0 Å². The number of nitrogens with one attached hydrogen (secondary N) is 1. The molecule has 5 heteroatoms. The van der Waals surface area contributed by atoms with Gasteiger partial charge in [0.05, 0.1) is 11.0 Å². The van der Waals surface area contributed by atoms with Crippen LogP contribution in [0.5, 0.6) is 0 Å². The van der Waals surface area contributed by atoms with Crippen LogP contribution < -0.4 is 5.32 Å². The molecule has 0 bridgehead atoms. The van der Waals surface area contributed by atoms with Gasteiger partial charge in [-0.25, -0.2) is 4.98 Å². The van der Waals surface area contributed by atoms with Gasteiger partial charge >= 0.3 is 0 Å². The van der Waals surface area contributed by atoms with E-state index in [1.807, 2.05) is 0 Å². The van der Waals surface area contributed by atoms with Crippen molar-refractivity contribution >= 4 is 35.8 Å². The maximum atomic E-state index is 4.88. The highest BCUT2D eigenvalue weighted by molar-refractivity contribution is 5.85. The number of piperidine rings is 1. The molecular weight excluding hydrogens is 293 g/mol. The van der Waals surface area contributed by atoms with Gasteiger partial charge in [0.15, 0.2) is 0 Å². The lowest BCUT2D eigenvalue weighted by atomic mass is 9.98. The molecule has 1 unspecified atom stereocenters. The van der Waals surface area contributed by atoms with Crippen molar-refractivity contribution < 1.29 is 0 Å². The SMILES string of the molecule is CC(C)n1c(C2CCCNC2)nc2ccccc21.Cl.Cl. The van der Waals surface area contributed by atoms with Crippen LogP contribution in [0, 0.1) is 0 Å². The Kier molecular flexibility index (Phi) is 6.31. The minimum atomic E-state index is 0. The first-order valence-corrected chi connectivity index (χ1v) is 6.95. The highest BCUT2D eigenvalue weighted by atomic mass is 35.5. The molecule has 0 radical (unpaired) electrons. The highest BCUT2D eigenvalue weighted by Crippen LogP contribution is 2.29. The molecule has 1 aliphatic rings. The predicted octanol–water partition coefficient (Wildman–Crippen LogP) is 3.93. The second kappa shape index (κ2) is 7.30. The van der Waals surface area contributed by atoms with Crippen LogP contribution in [0.1, 0.15) is 44.5 Å². The fraction of sp³-hybridized carbons (Fsp3) is 0.533. The van der Waals surface area contributed by atoms with Crippen LogP contribution in [0.4, 0.5) is 0 Å². The Balaban J connectivity index is 0.000001000. The smallest absolute Gasteiger partial charge is 0.114 e. The molecule has 20 heavy (non-hydrogen) atoms. The van der Waals surface area contributed by atoms with Crippen molar-refractivity contribution in [2.75, 3.05) is 13.1 Å². The van der Waals surface area contributed by atoms with Gasteiger partial charge in [-0.1, -0.05) is 12.1 Å². The van der Waals surface area contributed by atoms with E-state index in [9.17, 15) is 0 Å². The molecular formula is C15H23Cl2N3. The first-order chi connectivity index (χ1) is 8.77. The summed E-state index contributed by atoms with van der Waals surface area (Å²) in [5.41, 5.74) is 2.40. The Labute approximate surface area is 133 Å². The van der Waals surface area contributed by atoms with Gasteiger partial charge in [0.1, 0.15) is 5.82 Å². The Hall–Kier alpha value is -0.770. The van der Waals surface area contributed by atoms with E-state index in [1.165, 1.54) is 24.2 Å². The number of hydrogen-bond donors (Lipinski definition) is 1. The molecule has 2 heterocycles. The van der Waals surface area contributed by atoms with Crippen molar-refractivity contribution in [1.82, 2.24) is 14.9 Å². The maximum absolute atomic E-state index is 4.88. The average Bonchev–Trinajstić information content (AvgIpc) is 2.79. The summed E-state index contributed by atoms with van der Waals surface area (Å²) in [6.07, 6.45) is 2.51.